The molecule has 0 radical (unpaired) electrons. The molecule has 0 spiro atoms. The molecule has 4 nitrogen and oxygen atoms in total. The third-order valence-corrected chi connectivity index (χ3v) is 5.80. The molecule has 0 saturated heterocycles. The number of nitrogens with two attached hydrogens (primary N) is 1. The number of aryl methyl sites for hydroxylation is 1. The zero-order valence-corrected chi connectivity index (χ0v) is 13.0. The van der Waals surface area contributed by atoms with E-state index in [2.05, 4.69) is 17.2 Å². The Morgan fingerprint density at radius 1 is 1.45 bits per heavy atom. The second-order valence-corrected chi connectivity index (χ2v) is 7.00. The lowest BCUT2D eigenvalue weighted by Crippen LogP contribution is -2.12. The molecule has 0 unspecified atom stereocenters. The van der Waals surface area contributed by atoms with Crippen LogP contribution in [-0.2, 0) is 19.4 Å². The predicted octanol–water partition coefficient (Wildman–Crippen LogP) is 3.10. The number of aromatic nitrogens is 1. The molecular formula is C14H17N3OS2. The number of nitrogens with zero attached hydrogens (tertiary/aromatic N) is 1. The Bertz CT molecular complexity index is 645. The maximum absolute atomic E-state index is 12.2. The SMILES string of the molecule is Cc1c(NC(=O)c2csc(CN)n2)sc2c1CCCC2. The summed E-state index contributed by atoms with van der Waals surface area (Å²) < 4.78 is 0. The fourth-order valence-corrected chi connectivity index (χ4v) is 4.46. The third kappa shape index (κ3) is 2.51. The Kier molecular flexibility index (Phi) is 3.87. The molecule has 1 aliphatic rings. The molecule has 1 aliphatic carbocycles. The van der Waals surface area contributed by atoms with E-state index in [0.29, 0.717) is 12.2 Å². The number of hydrogen-bond donors (Lipinski definition) is 2. The zero-order valence-electron chi connectivity index (χ0n) is 11.4. The number of amides is 1. The maximum atomic E-state index is 12.2. The molecule has 0 bridgehead atoms. The van der Waals surface area contributed by atoms with Crippen molar-refractivity contribution in [1.29, 1.82) is 0 Å². The van der Waals surface area contributed by atoms with Crippen molar-refractivity contribution in [3.8, 4) is 0 Å². The van der Waals surface area contributed by atoms with Crippen molar-refractivity contribution >= 4 is 33.6 Å². The topological polar surface area (TPSA) is 68.0 Å². The van der Waals surface area contributed by atoms with Crippen LogP contribution in [0.2, 0.25) is 0 Å². The van der Waals surface area contributed by atoms with E-state index in [1.165, 1.54) is 40.2 Å². The third-order valence-electron chi connectivity index (χ3n) is 3.62. The number of anilines is 1. The molecule has 3 rings (SSSR count). The molecule has 1 amide bonds. The van der Waals surface area contributed by atoms with E-state index in [0.717, 1.165) is 22.9 Å². The highest BCUT2D eigenvalue weighted by atomic mass is 32.1. The fraction of sp³-hybridized carbons (Fsp3) is 0.429. The molecule has 6 heteroatoms. The summed E-state index contributed by atoms with van der Waals surface area (Å²) in [5.41, 5.74) is 8.66. The minimum atomic E-state index is -0.136. The van der Waals surface area contributed by atoms with Gasteiger partial charge in [-0.1, -0.05) is 0 Å². The van der Waals surface area contributed by atoms with Crippen LogP contribution in [-0.4, -0.2) is 10.9 Å². The number of thiophene rings is 1. The van der Waals surface area contributed by atoms with Crippen LogP contribution in [0.3, 0.4) is 0 Å². The number of rotatable bonds is 3. The Morgan fingerprint density at radius 2 is 2.25 bits per heavy atom. The quantitative estimate of drug-likeness (QED) is 0.915. The number of hydrogen-bond acceptors (Lipinski definition) is 5. The summed E-state index contributed by atoms with van der Waals surface area (Å²) in [6.45, 7) is 2.48. The molecule has 20 heavy (non-hydrogen) atoms. The Labute approximate surface area is 126 Å². The van der Waals surface area contributed by atoms with Gasteiger partial charge in [0.25, 0.3) is 5.91 Å². The van der Waals surface area contributed by atoms with Crippen LogP contribution >= 0.6 is 22.7 Å². The molecule has 106 valence electrons. The van der Waals surface area contributed by atoms with Gasteiger partial charge in [-0.2, -0.15) is 0 Å². The van der Waals surface area contributed by atoms with Crippen LogP contribution in [0.4, 0.5) is 5.00 Å². The van der Waals surface area contributed by atoms with Crippen molar-refractivity contribution in [1.82, 2.24) is 4.98 Å². The van der Waals surface area contributed by atoms with Crippen LogP contribution in [0.15, 0.2) is 5.38 Å². The highest BCUT2D eigenvalue weighted by Crippen LogP contribution is 2.37. The Hall–Kier alpha value is -1.24. The Balaban J connectivity index is 1.80. The average molecular weight is 307 g/mol. The number of thiazole rings is 1. The van der Waals surface area contributed by atoms with Crippen molar-refractivity contribution < 1.29 is 4.79 Å². The van der Waals surface area contributed by atoms with Crippen molar-refractivity contribution in [3.63, 3.8) is 0 Å². The molecule has 0 aromatic carbocycles. The van der Waals surface area contributed by atoms with Gasteiger partial charge in [0, 0.05) is 16.8 Å². The highest BCUT2D eigenvalue weighted by molar-refractivity contribution is 7.16. The van der Waals surface area contributed by atoms with Crippen molar-refractivity contribution in [2.24, 2.45) is 5.73 Å². The molecule has 3 N–H and O–H groups in total. The second kappa shape index (κ2) is 5.63. The number of carbonyl (C=O) groups is 1. The molecule has 0 saturated carbocycles. The van der Waals surface area contributed by atoms with E-state index < -0.39 is 0 Å². The molecule has 2 aromatic heterocycles. The first-order chi connectivity index (χ1) is 9.69. The molecule has 2 aromatic rings. The van der Waals surface area contributed by atoms with Gasteiger partial charge in [-0.05, 0) is 43.7 Å². The zero-order chi connectivity index (χ0) is 14.1. The first-order valence-corrected chi connectivity index (χ1v) is 8.45. The molecule has 0 aliphatic heterocycles. The standard InChI is InChI=1S/C14H17N3OS2/c1-8-9-4-2-3-5-11(9)20-14(8)17-13(18)10-7-19-12(6-15)16-10/h7H,2-6,15H2,1H3,(H,17,18). The van der Waals surface area contributed by atoms with Gasteiger partial charge in [0.15, 0.2) is 0 Å². The predicted molar refractivity (Wildman–Crippen MR) is 83.7 cm³/mol. The summed E-state index contributed by atoms with van der Waals surface area (Å²) in [4.78, 5) is 17.9. The normalized spacial score (nSPS) is 14.1. The van der Waals surface area contributed by atoms with E-state index in [1.54, 1.807) is 16.7 Å². The fourth-order valence-electron chi connectivity index (χ4n) is 2.52. The van der Waals surface area contributed by atoms with Gasteiger partial charge in [0.05, 0.1) is 5.00 Å². The molecule has 2 heterocycles. The molecule has 0 fully saturated rings. The Morgan fingerprint density at radius 3 is 2.95 bits per heavy atom. The largest absolute Gasteiger partial charge is 0.325 e. The lowest BCUT2D eigenvalue weighted by molar-refractivity contribution is 0.102. The van der Waals surface area contributed by atoms with E-state index in [9.17, 15) is 4.79 Å². The second-order valence-electron chi connectivity index (χ2n) is 4.95. The lowest BCUT2D eigenvalue weighted by atomic mass is 9.96. The first-order valence-electron chi connectivity index (χ1n) is 6.76. The maximum Gasteiger partial charge on any atom is 0.275 e. The molecule has 0 atom stereocenters. The van der Waals surface area contributed by atoms with Gasteiger partial charge >= 0.3 is 0 Å². The van der Waals surface area contributed by atoms with Crippen molar-refractivity contribution in [2.45, 2.75) is 39.2 Å². The smallest absolute Gasteiger partial charge is 0.275 e. The number of carbonyl (C=O) groups excluding carboxylic acids is 1. The molecular weight excluding hydrogens is 290 g/mol. The average Bonchev–Trinajstić information content (AvgIpc) is 3.05. The van der Waals surface area contributed by atoms with Gasteiger partial charge in [0.2, 0.25) is 0 Å². The number of nitrogens with one attached hydrogen (secondary N) is 1. The number of fused-ring (bicyclic) bond motifs is 1. The van der Waals surface area contributed by atoms with Crippen LogP contribution in [0.5, 0.6) is 0 Å². The van der Waals surface area contributed by atoms with Crippen LogP contribution in [0.25, 0.3) is 0 Å². The minimum Gasteiger partial charge on any atom is -0.325 e. The summed E-state index contributed by atoms with van der Waals surface area (Å²) in [7, 11) is 0. The highest BCUT2D eigenvalue weighted by Gasteiger charge is 2.20. The van der Waals surface area contributed by atoms with Gasteiger partial charge in [-0.15, -0.1) is 22.7 Å². The van der Waals surface area contributed by atoms with Gasteiger partial charge < -0.3 is 11.1 Å². The summed E-state index contributed by atoms with van der Waals surface area (Å²) in [5.74, 6) is -0.136. The van der Waals surface area contributed by atoms with Crippen molar-refractivity contribution in [2.75, 3.05) is 5.32 Å². The lowest BCUT2D eigenvalue weighted by Gasteiger charge is -2.10. The van der Waals surface area contributed by atoms with Crippen LogP contribution in [0, 0.1) is 6.92 Å². The summed E-state index contributed by atoms with van der Waals surface area (Å²) >= 11 is 3.14. The van der Waals surface area contributed by atoms with Crippen molar-refractivity contribution in [3.05, 3.63) is 32.1 Å². The van der Waals surface area contributed by atoms with Gasteiger partial charge in [0.1, 0.15) is 10.7 Å². The van der Waals surface area contributed by atoms with Gasteiger partial charge in [-0.3, -0.25) is 4.79 Å². The summed E-state index contributed by atoms with van der Waals surface area (Å²) in [6.07, 6.45) is 4.79. The van der Waals surface area contributed by atoms with Gasteiger partial charge in [-0.25, -0.2) is 4.98 Å². The van der Waals surface area contributed by atoms with E-state index in [4.69, 9.17) is 5.73 Å². The van der Waals surface area contributed by atoms with E-state index in [-0.39, 0.29) is 5.91 Å². The minimum absolute atomic E-state index is 0.136. The van der Waals surface area contributed by atoms with E-state index in [1.807, 2.05) is 0 Å². The van der Waals surface area contributed by atoms with E-state index >= 15 is 0 Å². The van der Waals surface area contributed by atoms with Crippen LogP contribution in [0.1, 0.15) is 44.3 Å². The first kappa shape index (κ1) is 13.7. The monoisotopic (exact) mass is 307 g/mol. The summed E-state index contributed by atoms with van der Waals surface area (Å²) in [6, 6.07) is 0. The summed E-state index contributed by atoms with van der Waals surface area (Å²) in [5, 5.41) is 6.53. The van der Waals surface area contributed by atoms with Crippen LogP contribution < -0.4 is 11.1 Å².